The van der Waals surface area contributed by atoms with E-state index in [0.717, 1.165) is 10.2 Å². The summed E-state index contributed by atoms with van der Waals surface area (Å²) in [5.74, 6) is 0.955. The molecule has 0 bridgehead atoms. The number of rotatable bonds is 5. The normalized spacial score (nSPS) is 14.5. The van der Waals surface area contributed by atoms with E-state index in [0.29, 0.717) is 43.0 Å². The van der Waals surface area contributed by atoms with Crippen molar-refractivity contribution in [2.45, 2.75) is 12.8 Å². The zero-order valence-corrected chi connectivity index (χ0v) is 17.5. The largest absolute Gasteiger partial charge is 0.497 e. The van der Waals surface area contributed by atoms with Crippen molar-refractivity contribution in [3.05, 3.63) is 52.5 Å². The van der Waals surface area contributed by atoms with Crippen molar-refractivity contribution in [1.29, 1.82) is 0 Å². The van der Waals surface area contributed by atoms with Gasteiger partial charge in [0.15, 0.2) is 0 Å². The molecule has 1 saturated heterocycles. The van der Waals surface area contributed by atoms with Crippen LogP contribution in [0.15, 0.2) is 46.9 Å². The molecule has 1 aliphatic rings. The molecule has 6 nitrogen and oxygen atoms in total. The van der Waals surface area contributed by atoms with Crippen LogP contribution in [-0.2, 0) is 4.79 Å². The number of likely N-dealkylation sites (tertiary alicyclic amines) is 1. The predicted molar refractivity (Wildman–Crippen MR) is 111 cm³/mol. The fourth-order valence-corrected chi connectivity index (χ4v) is 3.67. The molecule has 3 rings (SSSR count). The first-order valence-electron chi connectivity index (χ1n) is 9.09. The molecule has 1 N–H and O–H groups in total. The first kappa shape index (κ1) is 20.2. The van der Waals surface area contributed by atoms with E-state index < -0.39 is 0 Å². The number of benzene rings is 2. The molecule has 2 amide bonds. The minimum atomic E-state index is -0.108. The molecule has 0 saturated carbocycles. The van der Waals surface area contributed by atoms with Gasteiger partial charge in [-0.1, -0.05) is 22.0 Å². The third-order valence-electron chi connectivity index (χ3n) is 4.84. The molecule has 1 aliphatic heterocycles. The Morgan fingerprint density at radius 3 is 2.25 bits per heavy atom. The number of anilines is 1. The Hall–Kier alpha value is -2.54. The Morgan fingerprint density at radius 2 is 1.68 bits per heavy atom. The number of carbonyl (C=O) groups excluding carboxylic acids is 2. The summed E-state index contributed by atoms with van der Waals surface area (Å²) in [6.45, 7) is 1.07. The Kier molecular flexibility index (Phi) is 6.57. The summed E-state index contributed by atoms with van der Waals surface area (Å²) < 4.78 is 11.4. The standard InChI is InChI=1S/C21H23BrN2O4/c1-27-18-10-15(11-19(13-18)28-2)21(26)24-8-6-14(7-9-24)20(25)23-17-5-3-4-16(22)12-17/h3-5,10-14H,6-9H2,1-2H3,(H,23,25). The van der Waals surface area contributed by atoms with Crippen LogP contribution in [-0.4, -0.2) is 44.0 Å². The van der Waals surface area contributed by atoms with Crippen molar-refractivity contribution in [2.24, 2.45) is 5.92 Å². The molecule has 2 aromatic carbocycles. The third-order valence-corrected chi connectivity index (χ3v) is 5.34. The number of hydrogen-bond acceptors (Lipinski definition) is 4. The van der Waals surface area contributed by atoms with Crippen LogP contribution in [0.4, 0.5) is 5.69 Å². The van der Waals surface area contributed by atoms with Gasteiger partial charge < -0.3 is 19.7 Å². The molecule has 0 radical (unpaired) electrons. The van der Waals surface area contributed by atoms with E-state index in [4.69, 9.17) is 9.47 Å². The maximum Gasteiger partial charge on any atom is 0.254 e. The summed E-state index contributed by atoms with van der Waals surface area (Å²) in [6, 6.07) is 12.7. The summed E-state index contributed by atoms with van der Waals surface area (Å²) in [5, 5.41) is 2.95. The number of nitrogens with one attached hydrogen (secondary N) is 1. The second kappa shape index (κ2) is 9.10. The first-order valence-corrected chi connectivity index (χ1v) is 9.88. The van der Waals surface area contributed by atoms with Crippen molar-refractivity contribution >= 4 is 33.4 Å². The topological polar surface area (TPSA) is 67.9 Å². The fraction of sp³-hybridized carbons (Fsp3) is 0.333. The molecule has 148 valence electrons. The molecule has 28 heavy (non-hydrogen) atoms. The second-order valence-corrected chi connectivity index (χ2v) is 7.58. The minimum Gasteiger partial charge on any atom is -0.497 e. The SMILES string of the molecule is COc1cc(OC)cc(C(=O)N2CCC(C(=O)Nc3cccc(Br)c3)CC2)c1. The van der Waals surface area contributed by atoms with Gasteiger partial charge in [-0.05, 0) is 43.2 Å². The first-order chi connectivity index (χ1) is 13.5. The Balaban J connectivity index is 1.60. The molecule has 0 spiro atoms. The lowest BCUT2D eigenvalue weighted by Crippen LogP contribution is -2.41. The van der Waals surface area contributed by atoms with Gasteiger partial charge in [0.1, 0.15) is 11.5 Å². The molecular weight excluding hydrogens is 424 g/mol. The van der Waals surface area contributed by atoms with E-state index in [-0.39, 0.29) is 17.7 Å². The van der Waals surface area contributed by atoms with Crippen molar-refractivity contribution < 1.29 is 19.1 Å². The van der Waals surface area contributed by atoms with E-state index in [1.54, 1.807) is 37.3 Å². The number of nitrogens with zero attached hydrogens (tertiary/aromatic N) is 1. The highest BCUT2D eigenvalue weighted by atomic mass is 79.9. The van der Waals surface area contributed by atoms with E-state index in [9.17, 15) is 9.59 Å². The van der Waals surface area contributed by atoms with E-state index in [2.05, 4.69) is 21.2 Å². The second-order valence-electron chi connectivity index (χ2n) is 6.67. The summed E-state index contributed by atoms with van der Waals surface area (Å²) in [6.07, 6.45) is 1.26. The lowest BCUT2D eigenvalue weighted by Gasteiger charge is -2.31. The Labute approximate surface area is 172 Å². The van der Waals surface area contributed by atoms with Gasteiger partial charge in [0.05, 0.1) is 14.2 Å². The van der Waals surface area contributed by atoms with Crippen molar-refractivity contribution in [1.82, 2.24) is 4.90 Å². The molecule has 0 unspecified atom stereocenters. The zero-order chi connectivity index (χ0) is 20.1. The molecule has 7 heteroatoms. The quantitative estimate of drug-likeness (QED) is 0.754. The van der Waals surface area contributed by atoms with Crippen molar-refractivity contribution in [3.63, 3.8) is 0 Å². The van der Waals surface area contributed by atoms with Crippen LogP contribution in [0.3, 0.4) is 0 Å². The number of carbonyl (C=O) groups is 2. The lowest BCUT2D eigenvalue weighted by atomic mass is 9.95. The number of methoxy groups -OCH3 is 2. The summed E-state index contributed by atoms with van der Waals surface area (Å²) in [7, 11) is 3.11. The van der Waals surface area contributed by atoms with Gasteiger partial charge in [-0.2, -0.15) is 0 Å². The van der Waals surface area contributed by atoms with Gasteiger partial charge in [0.2, 0.25) is 5.91 Å². The van der Waals surface area contributed by atoms with Gasteiger partial charge in [0.25, 0.3) is 5.91 Å². The van der Waals surface area contributed by atoms with Gasteiger partial charge in [-0.15, -0.1) is 0 Å². The molecule has 0 atom stereocenters. The highest BCUT2D eigenvalue weighted by Gasteiger charge is 2.28. The van der Waals surface area contributed by atoms with E-state index in [1.807, 2.05) is 24.3 Å². The van der Waals surface area contributed by atoms with Gasteiger partial charge in [0, 0.05) is 40.8 Å². The molecular formula is C21H23BrN2O4. The van der Waals surface area contributed by atoms with Crippen LogP contribution in [0.5, 0.6) is 11.5 Å². The van der Waals surface area contributed by atoms with E-state index in [1.165, 1.54) is 0 Å². The molecule has 0 aliphatic carbocycles. The van der Waals surface area contributed by atoms with Crippen molar-refractivity contribution in [3.8, 4) is 11.5 Å². The average molecular weight is 447 g/mol. The number of hydrogen-bond donors (Lipinski definition) is 1. The molecule has 2 aromatic rings. The Bertz CT molecular complexity index is 841. The summed E-state index contributed by atoms with van der Waals surface area (Å²) in [4.78, 5) is 27.2. The van der Waals surface area contributed by atoms with Crippen molar-refractivity contribution in [2.75, 3.05) is 32.6 Å². The average Bonchev–Trinajstić information content (AvgIpc) is 2.72. The van der Waals surface area contributed by atoms with Crippen LogP contribution in [0.1, 0.15) is 23.2 Å². The van der Waals surface area contributed by atoms with Crippen LogP contribution in [0.25, 0.3) is 0 Å². The molecule has 1 fully saturated rings. The highest BCUT2D eigenvalue weighted by Crippen LogP contribution is 2.26. The van der Waals surface area contributed by atoms with Gasteiger partial charge >= 0.3 is 0 Å². The fourth-order valence-electron chi connectivity index (χ4n) is 3.27. The number of ether oxygens (including phenoxy) is 2. The molecule has 1 heterocycles. The summed E-state index contributed by atoms with van der Waals surface area (Å²) in [5.41, 5.74) is 1.29. The zero-order valence-electron chi connectivity index (χ0n) is 15.9. The predicted octanol–water partition coefficient (Wildman–Crippen LogP) is 3.96. The van der Waals surface area contributed by atoms with Gasteiger partial charge in [-0.3, -0.25) is 9.59 Å². The minimum absolute atomic E-state index is 0.00625. The third kappa shape index (κ3) is 4.84. The maximum absolute atomic E-state index is 12.9. The Morgan fingerprint density at radius 1 is 1.04 bits per heavy atom. The summed E-state index contributed by atoms with van der Waals surface area (Å²) >= 11 is 3.40. The van der Waals surface area contributed by atoms with Crippen LogP contribution >= 0.6 is 15.9 Å². The number of amides is 2. The lowest BCUT2D eigenvalue weighted by molar-refractivity contribution is -0.121. The molecule has 0 aromatic heterocycles. The van der Waals surface area contributed by atoms with E-state index >= 15 is 0 Å². The maximum atomic E-state index is 12.9. The van der Waals surface area contributed by atoms with Crippen LogP contribution < -0.4 is 14.8 Å². The number of halogens is 1. The monoisotopic (exact) mass is 446 g/mol. The number of piperidine rings is 1. The van der Waals surface area contributed by atoms with Crippen LogP contribution in [0.2, 0.25) is 0 Å². The smallest absolute Gasteiger partial charge is 0.254 e. The highest BCUT2D eigenvalue weighted by molar-refractivity contribution is 9.10. The van der Waals surface area contributed by atoms with Gasteiger partial charge in [-0.25, -0.2) is 0 Å². The van der Waals surface area contributed by atoms with Crippen LogP contribution in [0, 0.1) is 5.92 Å².